The van der Waals surface area contributed by atoms with E-state index in [1.807, 2.05) is 24.5 Å². The van der Waals surface area contributed by atoms with E-state index >= 15 is 0 Å². The first-order valence-corrected chi connectivity index (χ1v) is 16.7. The van der Waals surface area contributed by atoms with Crippen LogP contribution in [0, 0.1) is 11.8 Å². The maximum Gasteiger partial charge on any atom is 0.330 e. The first kappa shape index (κ1) is 33.9. The molecular weight excluding hydrogens is 580 g/mol. The summed E-state index contributed by atoms with van der Waals surface area (Å²) in [5, 5.41) is 24.6. The van der Waals surface area contributed by atoms with Crippen molar-refractivity contribution in [2.24, 2.45) is 11.8 Å². The van der Waals surface area contributed by atoms with Crippen molar-refractivity contribution in [3.05, 3.63) is 39.5 Å². The second kappa shape index (κ2) is 16.9. The number of carbonyl (C=O) groups excluding carboxylic acids is 3. The van der Waals surface area contributed by atoms with Gasteiger partial charge in [0.15, 0.2) is 5.78 Å². The van der Waals surface area contributed by atoms with Crippen molar-refractivity contribution in [3.63, 3.8) is 0 Å². The number of Topliss-reactive ketones (excluding diaryl/α,β-unsaturated/α-hetero) is 1. The van der Waals surface area contributed by atoms with Crippen molar-refractivity contribution in [2.45, 2.75) is 90.4 Å². The SMILES string of the molecule is C/C(=C\C(=O)OCCCCCCCC(=O)Nc1c2sscc-2[nH]c1=O)C[C@@H]1OC[C@@H](C/C=C/[C@@H](C)[C@H](C)O)C(=O)[C@H]1O. The molecule has 0 bridgehead atoms. The number of H-pyrrole nitrogens is 1. The van der Waals surface area contributed by atoms with Gasteiger partial charge in [-0.1, -0.05) is 64.6 Å². The van der Waals surface area contributed by atoms with Gasteiger partial charge in [0.25, 0.3) is 5.56 Å². The van der Waals surface area contributed by atoms with E-state index in [1.165, 1.54) is 26.8 Å². The number of aromatic nitrogens is 1. The highest BCUT2D eigenvalue weighted by Crippen LogP contribution is 2.35. The third-order valence-corrected chi connectivity index (χ3v) is 9.46. The summed E-state index contributed by atoms with van der Waals surface area (Å²) >= 11 is 0. The average molecular weight is 623 g/mol. The van der Waals surface area contributed by atoms with Crippen molar-refractivity contribution in [2.75, 3.05) is 18.5 Å². The van der Waals surface area contributed by atoms with Gasteiger partial charge in [0.2, 0.25) is 5.91 Å². The van der Waals surface area contributed by atoms with E-state index in [1.54, 1.807) is 13.8 Å². The number of fused-ring (bicyclic) bond motifs is 1. The standard InChI is InChI=1S/C30H42N2O8S2/c1-18(14-23-28(37)27(36)21(16-40-23)11-9-10-19(2)20(3)33)15-25(35)39-13-8-6-4-5-7-12-24(34)32-26-29-22(17-41-42-29)31-30(26)38/h9-10,15,17,19-21,23,28,33,37H,4-8,11-14,16H2,1-3H3,(H,31,38)(H,32,34)/b10-9+,18-15+/t19-,20+,21-,23+,28+/m1/s1. The molecular formula is C30H42N2O8S2. The summed E-state index contributed by atoms with van der Waals surface area (Å²) in [4.78, 5) is 52.5. The van der Waals surface area contributed by atoms with Crippen LogP contribution in [0.4, 0.5) is 5.69 Å². The Morgan fingerprint density at radius 2 is 1.95 bits per heavy atom. The zero-order valence-corrected chi connectivity index (χ0v) is 26.1. The number of hydrogen-bond donors (Lipinski definition) is 4. The molecule has 0 saturated carbocycles. The molecule has 0 radical (unpaired) electrons. The van der Waals surface area contributed by atoms with Crippen molar-refractivity contribution in [3.8, 4) is 10.6 Å². The lowest BCUT2D eigenvalue weighted by atomic mass is 9.89. The molecule has 3 aliphatic heterocycles. The molecule has 1 fully saturated rings. The van der Waals surface area contributed by atoms with Crippen LogP contribution >= 0.6 is 20.7 Å². The Bertz CT molecular complexity index is 1260. The van der Waals surface area contributed by atoms with E-state index in [0.29, 0.717) is 36.9 Å². The molecule has 1 amide bonds. The van der Waals surface area contributed by atoms with Gasteiger partial charge in [-0.15, -0.1) is 0 Å². The minimum atomic E-state index is -1.26. The molecule has 4 N–H and O–H groups in total. The van der Waals surface area contributed by atoms with Crippen LogP contribution in [0.5, 0.6) is 0 Å². The molecule has 3 rings (SSSR count). The Hall–Kier alpha value is -2.64. The monoisotopic (exact) mass is 622 g/mol. The van der Waals surface area contributed by atoms with Crippen LogP contribution in [0.1, 0.15) is 72.1 Å². The molecule has 0 spiro atoms. The lowest BCUT2D eigenvalue weighted by molar-refractivity contribution is -0.155. The summed E-state index contributed by atoms with van der Waals surface area (Å²) in [6.07, 6.45) is 7.68. The first-order valence-electron chi connectivity index (χ1n) is 14.5. The minimum absolute atomic E-state index is 0.0237. The number of nitrogens with one attached hydrogen (secondary N) is 2. The van der Waals surface area contributed by atoms with Gasteiger partial charge >= 0.3 is 5.97 Å². The molecule has 5 atom stereocenters. The zero-order valence-electron chi connectivity index (χ0n) is 24.4. The molecule has 10 nitrogen and oxygen atoms in total. The Kier molecular flexibility index (Phi) is 13.6. The predicted molar refractivity (Wildman–Crippen MR) is 164 cm³/mol. The van der Waals surface area contributed by atoms with Gasteiger partial charge in [-0.2, -0.15) is 0 Å². The van der Waals surface area contributed by atoms with Gasteiger partial charge in [0, 0.05) is 23.8 Å². The number of carbonyl (C=O) groups is 3. The van der Waals surface area contributed by atoms with E-state index in [9.17, 15) is 29.4 Å². The van der Waals surface area contributed by atoms with Crippen LogP contribution < -0.4 is 10.9 Å². The number of aliphatic hydroxyl groups is 2. The van der Waals surface area contributed by atoms with Crippen LogP contribution in [0.25, 0.3) is 10.6 Å². The highest BCUT2D eigenvalue weighted by molar-refractivity contribution is 7.70. The van der Waals surface area contributed by atoms with Gasteiger partial charge in [0.1, 0.15) is 11.8 Å². The fourth-order valence-corrected chi connectivity index (χ4v) is 6.76. The number of allylic oxidation sites excluding steroid dienone is 1. The summed E-state index contributed by atoms with van der Waals surface area (Å²) in [6, 6.07) is 0. The molecule has 0 aromatic heterocycles. The van der Waals surface area contributed by atoms with Gasteiger partial charge in [-0.05, 0) is 45.4 Å². The number of aliphatic hydroxyl groups excluding tert-OH is 2. The molecule has 0 aromatic carbocycles. The normalized spacial score (nSPS) is 21.1. The second-order valence-corrected chi connectivity index (χ2v) is 13.1. The number of ketones is 1. The minimum Gasteiger partial charge on any atom is -0.463 e. The molecule has 12 heteroatoms. The van der Waals surface area contributed by atoms with E-state index in [0.717, 1.165) is 29.8 Å². The molecule has 42 heavy (non-hydrogen) atoms. The van der Waals surface area contributed by atoms with E-state index in [2.05, 4.69) is 10.3 Å². The van der Waals surface area contributed by atoms with Crippen LogP contribution in [0.2, 0.25) is 0 Å². The molecule has 232 valence electrons. The lowest BCUT2D eigenvalue weighted by Crippen LogP contribution is -2.46. The number of rotatable bonds is 16. The van der Waals surface area contributed by atoms with Crippen LogP contribution in [0.15, 0.2) is 34.0 Å². The number of ether oxygens (including phenoxy) is 2. The number of aromatic amines is 1. The van der Waals surface area contributed by atoms with E-state index in [4.69, 9.17) is 9.47 Å². The average Bonchev–Trinajstić information content (AvgIpc) is 3.50. The Morgan fingerprint density at radius 1 is 1.21 bits per heavy atom. The first-order chi connectivity index (χ1) is 20.1. The smallest absolute Gasteiger partial charge is 0.330 e. The molecule has 0 unspecified atom stereocenters. The quantitative estimate of drug-likeness (QED) is 0.0692. The maximum absolute atomic E-state index is 12.6. The van der Waals surface area contributed by atoms with Gasteiger partial charge in [0.05, 0.1) is 36.0 Å². The molecule has 1 saturated heterocycles. The summed E-state index contributed by atoms with van der Waals surface area (Å²) < 4.78 is 11.0. The lowest BCUT2D eigenvalue weighted by Gasteiger charge is -2.32. The highest BCUT2D eigenvalue weighted by Gasteiger charge is 2.37. The van der Waals surface area contributed by atoms with Gasteiger partial charge in [-0.25, -0.2) is 4.79 Å². The van der Waals surface area contributed by atoms with E-state index in [-0.39, 0.29) is 42.8 Å². The molecule has 0 aromatic rings. The van der Waals surface area contributed by atoms with Gasteiger partial charge in [-0.3, -0.25) is 14.4 Å². The molecule has 0 aliphatic carbocycles. The summed E-state index contributed by atoms with van der Waals surface area (Å²) in [7, 11) is 2.96. The Morgan fingerprint density at radius 3 is 2.71 bits per heavy atom. The Labute approximate surface area is 253 Å². The molecule has 3 aliphatic rings. The predicted octanol–water partition coefficient (Wildman–Crippen LogP) is 4.67. The third kappa shape index (κ3) is 10.3. The third-order valence-electron chi connectivity index (χ3n) is 7.37. The fourth-order valence-electron chi connectivity index (χ4n) is 4.61. The number of esters is 1. The summed E-state index contributed by atoms with van der Waals surface area (Å²) in [5.41, 5.74) is 1.47. The summed E-state index contributed by atoms with van der Waals surface area (Å²) in [6.45, 7) is 5.81. The summed E-state index contributed by atoms with van der Waals surface area (Å²) in [5.74, 6) is -1.37. The van der Waals surface area contributed by atoms with Crippen LogP contribution in [-0.2, 0) is 23.9 Å². The van der Waals surface area contributed by atoms with Crippen LogP contribution in [0.3, 0.4) is 0 Å². The largest absolute Gasteiger partial charge is 0.463 e. The van der Waals surface area contributed by atoms with Crippen molar-refractivity contribution in [1.29, 1.82) is 0 Å². The maximum atomic E-state index is 12.6. The van der Waals surface area contributed by atoms with Crippen LogP contribution in [-0.4, -0.2) is 64.4 Å². The fraction of sp³-hybridized carbons (Fsp3) is 0.600. The number of unbranched alkanes of at least 4 members (excludes halogenated alkanes) is 4. The zero-order chi connectivity index (χ0) is 30.6. The van der Waals surface area contributed by atoms with Crippen molar-refractivity contribution < 1.29 is 34.1 Å². The van der Waals surface area contributed by atoms with Gasteiger partial charge < -0.3 is 30.0 Å². The Balaban J connectivity index is 1.25. The van der Waals surface area contributed by atoms with Crippen molar-refractivity contribution in [1.82, 2.24) is 4.98 Å². The van der Waals surface area contributed by atoms with Crippen molar-refractivity contribution >= 4 is 44.0 Å². The topological polar surface area (TPSA) is 155 Å². The number of hydrogen-bond acceptors (Lipinski definition) is 10. The molecule has 3 heterocycles. The van der Waals surface area contributed by atoms with E-state index < -0.39 is 30.2 Å². The number of anilines is 1. The highest BCUT2D eigenvalue weighted by atomic mass is 32.9. The number of amides is 1. The second-order valence-electron chi connectivity index (χ2n) is 11.0.